The summed E-state index contributed by atoms with van der Waals surface area (Å²) in [5.74, 6) is 0. The van der Waals surface area contributed by atoms with Crippen molar-refractivity contribution in [2.24, 2.45) is 5.41 Å². The standard InChI is InChI=1S/C17H33NO2/c1-4-5-15-12-14(6-11-20-15)18-13-17(19)9-7-16(2,3)8-10-17/h14-15,18-19H,4-13H2,1-3H3. The van der Waals surface area contributed by atoms with Crippen LogP contribution in [0.2, 0.25) is 0 Å². The van der Waals surface area contributed by atoms with Crippen LogP contribution in [-0.4, -0.2) is 36.0 Å². The van der Waals surface area contributed by atoms with Crippen molar-refractivity contribution in [1.82, 2.24) is 5.32 Å². The van der Waals surface area contributed by atoms with Gasteiger partial charge in [0.05, 0.1) is 11.7 Å². The summed E-state index contributed by atoms with van der Waals surface area (Å²) in [7, 11) is 0. The van der Waals surface area contributed by atoms with Gasteiger partial charge in [-0.25, -0.2) is 0 Å². The molecule has 118 valence electrons. The molecule has 1 aliphatic heterocycles. The molecule has 1 saturated heterocycles. The number of rotatable bonds is 5. The van der Waals surface area contributed by atoms with Gasteiger partial charge in [-0.3, -0.25) is 0 Å². The first kappa shape index (κ1) is 16.3. The molecule has 1 heterocycles. The van der Waals surface area contributed by atoms with Gasteiger partial charge < -0.3 is 15.2 Å². The molecular formula is C17H33NO2. The van der Waals surface area contributed by atoms with E-state index in [9.17, 15) is 5.11 Å². The van der Waals surface area contributed by atoms with E-state index in [1.54, 1.807) is 0 Å². The van der Waals surface area contributed by atoms with Gasteiger partial charge in [-0.15, -0.1) is 0 Å². The van der Waals surface area contributed by atoms with Crippen LogP contribution in [0.25, 0.3) is 0 Å². The first-order valence-electron chi connectivity index (χ1n) is 8.50. The van der Waals surface area contributed by atoms with Crippen molar-refractivity contribution in [3.63, 3.8) is 0 Å². The van der Waals surface area contributed by atoms with Crippen molar-refractivity contribution in [3.05, 3.63) is 0 Å². The molecule has 0 aromatic rings. The topological polar surface area (TPSA) is 41.5 Å². The van der Waals surface area contributed by atoms with Crippen LogP contribution in [0.1, 0.15) is 72.1 Å². The maximum atomic E-state index is 10.7. The Morgan fingerprint density at radius 1 is 1.20 bits per heavy atom. The molecule has 2 aliphatic rings. The van der Waals surface area contributed by atoms with Crippen LogP contribution in [0.5, 0.6) is 0 Å². The van der Waals surface area contributed by atoms with E-state index in [0.717, 1.165) is 58.1 Å². The predicted molar refractivity (Wildman–Crippen MR) is 82.9 cm³/mol. The predicted octanol–water partition coefficient (Wildman–Crippen LogP) is 3.26. The number of ether oxygens (including phenoxy) is 1. The van der Waals surface area contributed by atoms with Gasteiger partial charge in [0.1, 0.15) is 0 Å². The molecule has 3 heteroatoms. The molecule has 2 atom stereocenters. The van der Waals surface area contributed by atoms with Crippen molar-refractivity contribution in [2.75, 3.05) is 13.2 Å². The zero-order valence-electron chi connectivity index (χ0n) is 13.6. The quantitative estimate of drug-likeness (QED) is 0.814. The summed E-state index contributed by atoms with van der Waals surface area (Å²) in [6.45, 7) is 8.47. The van der Waals surface area contributed by atoms with Crippen LogP contribution < -0.4 is 5.32 Å². The number of nitrogens with one attached hydrogen (secondary N) is 1. The minimum Gasteiger partial charge on any atom is -0.389 e. The number of aliphatic hydroxyl groups is 1. The van der Waals surface area contributed by atoms with Gasteiger partial charge in [0.2, 0.25) is 0 Å². The van der Waals surface area contributed by atoms with Crippen molar-refractivity contribution < 1.29 is 9.84 Å². The lowest BCUT2D eigenvalue weighted by Crippen LogP contribution is -2.49. The Labute approximate surface area is 124 Å². The molecule has 1 aliphatic carbocycles. The van der Waals surface area contributed by atoms with Crippen molar-refractivity contribution in [3.8, 4) is 0 Å². The Morgan fingerprint density at radius 3 is 2.55 bits per heavy atom. The molecule has 20 heavy (non-hydrogen) atoms. The van der Waals surface area contributed by atoms with Gasteiger partial charge in [0.25, 0.3) is 0 Å². The average Bonchev–Trinajstić information content (AvgIpc) is 2.42. The van der Waals surface area contributed by atoms with Gasteiger partial charge in [-0.2, -0.15) is 0 Å². The minimum absolute atomic E-state index is 0.414. The molecule has 0 radical (unpaired) electrons. The second-order valence-corrected chi connectivity index (χ2v) is 7.77. The van der Waals surface area contributed by atoms with E-state index in [1.165, 1.54) is 6.42 Å². The fourth-order valence-electron chi connectivity index (χ4n) is 3.49. The van der Waals surface area contributed by atoms with Crippen LogP contribution in [-0.2, 0) is 4.74 Å². The molecule has 2 rings (SSSR count). The summed E-state index contributed by atoms with van der Waals surface area (Å²) < 4.78 is 5.79. The van der Waals surface area contributed by atoms with Gasteiger partial charge in [-0.1, -0.05) is 27.2 Å². The van der Waals surface area contributed by atoms with Crippen LogP contribution in [0, 0.1) is 5.41 Å². The van der Waals surface area contributed by atoms with E-state index in [1.807, 2.05) is 0 Å². The Morgan fingerprint density at radius 2 is 1.90 bits per heavy atom. The maximum absolute atomic E-state index is 10.7. The molecule has 0 aromatic carbocycles. The molecule has 2 fully saturated rings. The highest BCUT2D eigenvalue weighted by atomic mass is 16.5. The fraction of sp³-hybridized carbons (Fsp3) is 1.00. The van der Waals surface area contributed by atoms with Gasteiger partial charge >= 0.3 is 0 Å². The van der Waals surface area contributed by atoms with E-state index in [4.69, 9.17) is 4.74 Å². The third kappa shape index (κ3) is 4.71. The van der Waals surface area contributed by atoms with E-state index in [0.29, 0.717) is 17.6 Å². The SMILES string of the molecule is CCCC1CC(NCC2(O)CCC(C)(C)CC2)CCO1. The third-order valence-corrected chi connectivity index (χ3v) is 5.23. The van der Waals surface area contributed by atoms with Crippen molar-refractivity contribution in [2.45, 2.75) is 89.9 Å². The maximum Gasteiger partial charge on any atom is 0.0772 e. The summed E-state index contributed by atoms with van der Waals surface area (Å²) >= 11 is 0. The molecule has 0 aromatic heterocycles. The van der Waals surface area contributed by atoms with Crippen LogP contribution in [0.15, 0.2) is 0 Å². The Kier molecular flexibility index (Phi) is 5.49. The molecule has 0 bridgehead atoms. The lowest BCUT2D eigenvalue weighted by molar-refractivity contribution is -0.0371. The summed E-state index contributed by atoms with van der Waals surface area (Å²) in [5, 5.41) is 14.3. The molecule has 0 spiro atoms. The normalized spacial score (nSPS) is 33.0. The van der Waals surface area contributed by atoms with E-state index in [2.05, 4.69) is 26.1 Å². The van der Waals surface area contributed by atoms with E-state index >= 15 is 0 Å². The highest BCUT2D eigenvalue weighted by Gasteiger charge is 2.37. The fourth-order valence-corrected chi connectivity index (χ4v) is 3.49. The smallest absolute Gasteiger partial charge is 0.0772 e. The molecular weight excluding hydrogens is 250 g/mol. The van der Waals surface area contributed by atoms with Crippen LogP contribution in [0.4, 0.5) is 0 Å². The highest BCUT2D eigenvalue weighted by molar-refractivity contribution is 4.91. The first-order chi connectivity index (χ1) is 9.42. The highest BCUT2D eigenvalue weighted by Crippen LogP contribution is 2.39. The third-order valence-electron chi connectivity index (χ3n) is 5.23. The Hall–Kier alpha value is -0.120. The zero-order chi connectivity index (χ0) is 14.6. The largest absolute Gasteiger partial charge is 0.389 e. The molecule has 2 unspecified atom stereocenters. The summed E-state index contributed by atoms with van der Waals surface area (Å²) in [5.41, 5.74) is -0.0643. The first-order valence-corrected chi connectivity index (χ1v) is 8.50. The van der Waals surface area contributed by atoms with Gasteiger partial charge in [-0.05, 0) is 50.4 Å². The monoisotopic (exact) mass is 283 g/mol. The molecule has 2 N–H and O–H groups in total. The van der Waals surface area contributed by atoms with E-state index in [-0.39, 0.29) is 0 Å². The van der Waals surface area contributed by atoms with Crippen molar-refractivity contribution >= 4 is 0 Å². The van der Waals surface area contributed by atoms with Gasteiger partial charge in [0, 0.05) is 19.2 Å². The summed E-state index contributed by atoms with van der Waals surface area (Å²) in [6, 6.07) is 0.527. The number of hydrogen-bond acceptors (Lipinski definition) is 3. The zero-order valence-corrected chi connectivity index (χ0v) is 13.6. The summed E-state index contributed by atoms with van der Waals surface area (Å²) in [6.07, 6.45) is 9.12. The minimum atomic E-state index is -0.478. The molecule has 1 saturated carbocycles. The second kappa shape index (κ2) is 6.76. The second-order valence-electron chi connectivity index (χ2n) is 7.77. The lowest BCUT2D eigenvalue weighted by Gasteiger charge is -2.41. The lowest BCUT2D eigenvalue weighted by atomic mass is 9.71. The van der Waals surface area contributed by atoms with Crippen molar-refractivity contribution in [1.29, 1.82) is 0 Å². The van der Waals surface area contributed by atoms with Crippen LogP contribution in [0.3, 0.4) is 0 Å². The average molecular weight is 283 g/mol. The molecule has 3 nitrogen and oxygen atoms in total. The summed E-state index contributed by atoms with van der Waals surface area (Å²) in [4.78, 5) is 0. The Bertz CT molecular complexity index is 291. The van der Waals surface area contributed by atoms with Gasteiger partial charge in [0.15, 0.2) is 0 Å². The number of hydrogen-bond donors (Lipinski definition) is 2. The van der Waals surface area contributed by atoms with E-state index < -0.39 is 5.60 Å². The molecule has 0 amide bonds. The van der Waals surface area contributed by atoms with Crippen LogP contribution >= 0.6 is 0 Å². The Balaban J connectivity index is 1.74.